The average molecular weight is 183 g/mol. The van der Waals surface area contributed by atoms with Crippen LogP contribution in [-0.2, 0) is 9.47 Å². The van der Waals surface area contributed by atoms with Crippen molar-refractivity contribution in [1.82, 2.24) is 4.90 Å². The predicted molar refractivity (Wildman–Crippen MR) is 50.9 cm³/mol. The summed E-state index contributed by atoms with van der Waals surface area (Å²) >= 11 is 0. The molecule has 0 aliphatic carbocycles. The summed E-state index contributed by atoms with van der Waals surface area (Å²) in [5.41, 5.74) is 0. The molecule has 1 aliphatic heterocycles. The largest absolute Gasteiger partial charge is 0.356 e. The van der Waals surface area contributed by atoms with Crippen molar-refractivity contribution in [2.24, 2.45) is 5.92 Å². The van der Waals surface area contributed by atoms with Gasteiger partial charge in [0.05, 0.1) is 0 Å². The van der Waals surface area contributed by atoms with Gasteiger partial charge in [-0.05, 0) is 12.8 Å². The zero-order chi connectivity index (χ0) is 9.68. The van der Waals surface area contributed by atoms with Gasteiger partial charge in [-0.25, -0.2) is 0 Å². The summed E-state index contributed by atoms with van der Waals surface area (Å²) in [6, 6.07) is 2.65. The molecule has 3 heteroatoms. The van der Waals surface area contributed by atoms with Crippen LogP contribution in [0.5, 0.6) is 0 Å². The highest BCUT2D eigenvalue weighted by atomic mass is 16.7. The highest BCUT2D eigenvalue weighted by Crippen LogP contribution is 2.22. The zero-order valence-electron chi connectivity index (χ0n) is 8.32. The van der Waals surface area contributed by atoms with Crippen LogP contribution in [0.3, 0.4) is 0 Å². The molecule has 0 spiro atoms. The summed E-state index contributed by atoms with van der Waals surface area (Å²) < 4.78 is 10.4. The van der Waals surface area contributed by atoms with Gasteiger partial charge in [0.15, 0.2) is 6.29 Å². The number of likely N-dealkylation sites (tertiary alicyclic amines) is 1. The maximum absolute atomic E-state index is 5.30. The lowest BCUT2D eigenvalue weighted by atomic mass is 9.96. The van der Waals surface area contributed by atoms with Crippen LogP contribution in [0.15, 0.2) is 0 Å². The molecule has 0 unspecified atom stereocenters. The molecule has 1 aliphatic rings. The predicted octanol–water partition coefficient (Wildman–Crippen LogP) is 0.908. The van der Waals surface area contributed by atoms with Gasteiger partial charge < -0.3 is 14.4 Å². The highest BCUT2D eigenvalue weighted by Gasteiger charge is 2.25. The Bertz CT molecular complexity index is 176. The number of terminal acetylenes is 1. The molecular formula is C10H17NO2. The van der Waals surface area contributed by atoms with E-state index in [1.54, 1.807) is 14.2 Å². The molecule has 0 saturated carbocycles. The van der Waals surface area contributed by atoms with E-state index < -0.39 is 0 Å². The standard InChI is InChI=1S/C10H17NO2/c1-4-11-7-5-9(6-8-11)10(12-2)13-3/h1,9-10H,5-8H2,2-3H3. The van der Waals surface area contributed by atoms with E-state index in [0.29, 0.717) is 5.92 Å². The van der Waals surface area contributed by atoms with E-state index in [1.807, 2.05) is 4.90 Å². The molecule has 0 atom stereocenters. The van der Waals surface area contributed by atoms with Crippen molar-refractivity contribution >= 4 is 0 Å². The second-order valence-electron chi connectivity index (χ2n) is 3.29. The average Bonchev–Trinajstić information content (AvgIpc) is 2.21. The lowest BCUT2D eigenvalue weighted by Gasteiger charge is -2.32. The summed E-state index contributed by atoms with van der Waals surface area (Å²) in [6.07, 6.45) is 7.34. The number of methoxy groups -OCH3 is 2. The zero-order valence-corrected chi connectivity index (χ0v) is 8.32. The van der Waals surface area contributed by atoms with Crippen molar-refractivity contribution in [3.8, 4) is 12.5 Å². The number of hydrogen-bond donors (Lipinski definition) is 0. The molecular weight excluding hydrogens is 166 g/mol. The van der Waals surface area contributed by atoms with E-state index >= 15 is 0 Å². The monoisotopic (exact) mass is 183 g/mol. The number of ether oxygens (including phenoxy) is 2. The molecule has 1 heterocycles. The number of rotatable bonds is 3. The molecule has 0 N–H and O–H groups in total. The van der Waals surface area contributed by atoms with Crippen LogP contribution >= 0.6 is 0 Å². The van der Waals surface area contributed by atoms with E-state index in [2.05, 4.69) is 6.04 Å². The van der Waals surface area contributed by atoms with Gasteiger partial charge >= 0.3 is 0 Å². The van der Waals surface area contributed by atoms with Crippen molar-refractivity contribution in [3.05, 3.63) is 0 Å². The highest BCUT2D eigenvalue weighted by molar-refractivity contribution is 4.88. The second-order valence-corrected chi connectivity index (χ2v) is 3.29. The van der Waals surface area contributed by atoms with E-state index in [1.165, 1.54) is 0 Å². The Hall–Kier alpha value is -0.720. The molecule has 1 saturated heterocycles. The molecule has 1 rings (SSSR count). The topological polar surface area (TPSA) is 21.7 Å². The van der Waals surface area contributed by atoms with Crippen molar-refractivity contribution in [2.45, 2.75) is 19.1 Å². The Labute approximate surface area is 80.0 Å². The summed E-state index contributed by atoms with van der Waals surface area (Å²) in [6.45, 7) is 1.90. The maximum Gasteiger partial charge on any atom is 0.159 e. The SMILES string of the molecule is C#CN1CCC(C(OC)OC)CC1. The lowest BCUT2D eigenvalue weighted by molar-refractivity contribution is -0.145. The first-order valence-electron chi connectivity index (χ1n) is 4.58. The molecule has 0 amide bonds. The van der Waals surface area contributed by atoms with Crippen LogP contribution < -0.4 is 0 Å². The van der Waals surface area contributed by atoms with Gasteiger partial charge in [0, 0.05) is 39.3 Å². The van der Waals surface area contributed by atoms with Crippen LogP contribution in [-0.4, -0.2) is 38.5 Å². The minimum absolute atomic E-state index is 0.0695. The third-order valence-corrected chi connectivity index (χ3v) is 2.57. The molecule has 0 bridgehead atoms. The van der Waals surface area contributed by atoms with Gasteiger partial charge in [0.1, 0.15) is 0 Å². The summed E-state index contributed by atoms with van der Waals surface area (Å²) in [5.74, 6) is 0.486. The maximum atomic E-state index is 5.30. The van der Waals surface area contributed by atoms with Gasteiger partial charge in [0.25, 0.3) is 0 Å². The first-order valence-corrected chi connectivity index (χ1v) is 4.58. The van der Waals surface area contributed by atoms with Crippen LogP contribution in [0.2, 0.25) is 0 Å². The number of nitrogens with zero attached hydrogens (tertiary/aromatic N) is 1. The van der Waals surface area contributed by atoms with E-state index in [-0.39, 0.29) is 6.29 Å². The minimum Gasteiger partial charge on any atom is -0.356 e. The smallest absolute Gasteiger partial charge is 0.159 e. The summed E-state index contributed by atoms with van der Waals surface area (Å²) in [7, 11) is 3.36. The first-order chi connectivity index (χ1) is 6.31. The second kappa shape index (κ2) is 5.11. The Balaban J connectivity index is 2.36. The van der Waals surface area contributed by atoms with Crippen LogP contribution in [0, 0.1) is 18.4 Å². The molecule has 0 radical (unpaired) electrons. The van der Waals surface area contributed by atoms with Gasteiger partial charge in [-0.1, -0.05) is 6.42 Å². The Morgan fingerprint density at radius 3 is 2.23 bits per heavy atom. The quantitative estimate of drug-likeness (QED) is 0.479. The van der Waals surface area contributed by atoms with Gasteiger partial charge in [-0.2, -0.15) is 0 Å². The third kappa shape index (κ3) is 2.61. The fourth-order valence-corrected chi connectivity index (χ4v) is 1.78. The van der Waals surface area contributed by atoms with E-state index in [9.17, 15) is 0 Å². The van der Waals surface area contributed by atoms with Crippen molar-refractivity contribution < 1.29 is 9.47 Å². The van der Waals surface area contributed by atoms with Crippen LogP contribution in [0.1, 0.15) is 12.8 Å². The van der Waals surface area contributed by atoms with Gasteiger partial charge in [0.2, 0.25) is 0 Å². The fourth-order valence-electron chi connectivity index (χ4n) is 1.78. The lowest BCUT2D eigenvalue weighted by Crippen LogP contribution is -2.36. The Morgan fingerprint density at radius 1 is 1.31 bits per heavy atom. The number of piperidine rings is 1. The first kappa shape index (κ1) is 10.4. The van der Waals surface area contributed by atoms with Gasteiger partial charge in [-0.3, -0.25) is 0 Å². The molecule has 13 heavy (non-hydrogen) atoms. The van der Waals surface area contributed by atoms with Crippen molar-refractivity contribution in [2.75, 3.05) is 27.3 Å². The Morgan fingerprint density at radius 2 is 1.85 bits per heavy atom. The van der Waals surface area contributed by atoms with Crippen LogP contribution in [0.25, 0.3) is 0 Å². The summed E-state index contributed by atoms with van der Waals surface area (Å²) in [4.78, 5) is 2.00. The molecule has 1 fully saturated rings. The van der Waals surface area contributed by atoms with Gasteiger partial charge in [-0.15, -0.1) is 0 Å². The molecule has 74 valence electrons. The van der Waals surface area contributed by atoms with E-state index in [4.69, 9.17) is 15.9 Å². The third-order valence-electron chi connectivity index (χ3n) is 2.57. The van der Waals surface area contributed by atoms with Crippen molar-refractivity contribution in [3.63, 3.8) is 0 Å². The normalized spacial score (nSPS) is 19.1. The van der Waals surface area contributed by atoms with Crippen LogP contribution in [0.4, 0.5) is 0 Å². The van der Waals surface area contributed by atoms with E-state index in [0.717, 1.165) is 25.9 Å². The molecule has 0 aromatic carbocycles. The fraction of sp³-hybridized carbons (Fsp3) is 0.800. The van der Waals surface area contributed by atoms with Crippen molar-refractivity contribution in [1.29, 1.82) is 0 Å². The summed E-state index contributed by atoms with van der Waals surface area (Å²) in [5, 5.41) is 0. The number of hydrogen-bond acceptors (Lipinski definition) is 3. The molecule has 3 nitrogen and oxygen atoms in total. The molecule has 0 aromatic heterocycles. The Kier molecular flexibility index (Phi) is 4.07. The minimum atomic E-state index is -0.0695. The molecule has 0 aromatic rings.